The largest absolute Gasteiger partial charge is 0.481 e. The molecule has 2 rings (SSSR count). The monoisotopic (exact) mass is 360 g/mol. The average Bonchev–Trinajstić information content (AvgIpc) is 3.04. The summed E-state index contributed by atoms with van der Waals surface area (Å²) in [6, 6.07) is 10.1. The first-order valence-corrected chi connectivity index (χ1v) is 10.2. The van der Waals surface area contributed by atoms with Crippen molar-refractivity contribution >= 4 is 17.7 Å². The van der Waals surface area contributed by atoms with E-state index < -0.39 is 12.1 Å². The van der Waals surface area contributed by atoms with E-state index in [1.54, 1.807) is 0 Å². The number of rotatable bonds is 10. The van der Waals surface area contributed by atoms with Gasteiger partial charge in [-0.1, -0.05) is 54.6 Å². The molecule has 25 heavy (non-hydrogen) atoms. The van der Waals surface area contributed by atoms with Gasteiger partial charge in [0.15, 0.2) is 0 Å². The predicted octanol–water partition coefficient (Wildman–Crippen LogP) is 4.33. The zero-order chi connectivity index (χ0) is 17.9. The fourth-order valence-electron chi connectivity index (χ4n) is 3.03. The first kappa shape index (κ1) is 19.8. The molecule has 0 spiro atoms. The molecule has 0 aliphatic carbocycles. The second-order valence-electron chi connectivity index (χ2n) is 6.60. The Morgan fingerprint density at radius 2 is 2.04 bits per heavy atom. The SMILES string of the molecule is O=C(O)CCC/C=C\C[C@H]1CSC[C@H]1/C=C/C(O)Cc1ccccc1. The van der Waals surface area contributed by atoms with Crippen LogP contribution in [0.4, 0.5) is 0 Å². The number of hydrogen-bond acceptors (Lipinski definition) is 3. The lowest BCUT2D eigenvalue weighted by molar-refractivity contribution is -0.137. The number of aliphatic hydroxyl groups is 1. The van der Waals surface area contributed by atoms with Gasteiger partial charge in [-0.25, -0.2) is 0 Å². The van der Waals surface area contributed by atoms with Gasteiger partial charge in [0.1, 0.15) is 0 Å². The molecule has 1 aromatic rings. The first-order valence-electron chi connectivity index (χ1n) is 9.00. The van der Waals surface area contributed by atoms with Gasteiger partial charge in [0, 0.05) is 12.8 Å². The van der Waals surface area contributed by atoms with Crippen molar-refractivity contribution in [3.8, 4) is 0 Å². The van der Waals surface area contributed by atoms with Crippen LogP contribution in [0.3, 0.4) is 0 Å². The normalized spacial score (nSPS) is 22.0. The minimum Gasteiger partial charge on any atom is -0.481 e. The fraction of sp³-hybridized carbons (Fsp3) is 0.476. The third kappa shape index (κ3) is 7.93. The van der Waals surface area contributed by atoms with Crippen molar-refractivity contribution in [1.82, 2.24) is 0 Å². The lowest BCUT2D eigenvalue weighted by Gasteiger charge is -2.14. The van der Waals surface area contributed by atoms with Gasteiger partial charge in [-0.15, -0.1) is 0 Å². The van der Waals surface area contributed by atoms with Crippen molar-refractivity contribution in [2.75, 3.05) is 11.5 Å². The average molecular weight is 361 g/mol. The van der Waals surface area contributed by atoms with E-state index in [0.29, 0.717) is 24.7 Å². The van der Waals surface area contributed by atoms with Crippen molar-refractivity contribution in [3.05, 3.63) is 60.2 Å². The fourth-order valence-corrected chi connectivity index (χ4v) is 4.50. The Morgan fingerprint density at radius 1 is 1.24 bits per heavy atom. The molecule has 1 unspecified atom stereocenters. The quantitative estimate of drug-likeness (QED) is 0.482. The molecular weight excluding hydrogens is 332 g/mol. The molecule has 0 bridgehead atoms. The van der Waals surface area contributed by atoms with E-state index in [4.69, 9.17) is 5.11 Å². The number of aliphatic hydroxyl groups excluding tert-OH is 1. The summed E-state index contributed by atoms with van der Waals surface area (Å²) in [5.74, 6) is 2.68. The molecule has 1 saturated heterocycles. The highest BCUT2D eigenvalue weighted by molar-refractivity contribution is 7.99. The van der Waals surface area contributed by atoms with E-state index in [0.717, 1.165) is 29.9 Å². The van der Waals surface area contributed by atoms with Crippen LogP contribution in [0.15, 0.2) is 54.6 Å². The van der Waals surface area contributed by atoms with Gasteiger partial charge in [0.2, 0.25) is 0 Å². The topological polar surface area (TPSA) is 57.5 Å². The van der Waals surface area contributed by atoms with E-state index in [2.05, 4.69) is 18.2 Å². The summed E-state index contributed by atoms with van der Waals surface area (Å²) in [5, 5.41) is 18.8. The third-order valence-corrected chi connectivity index (χ3v) is 5.77. The number of allylic oxidation sites excluding steroid dienone is 3. The molecule has 0 radical (unpaired) electrons. The summed E-state index contributed by atoms with van der Waals surface area (Å²) in [6.07, 6.45) is 11.5. The van der Waals surface area contributed by atoms with Crippen LogP contribution in [0.1, 0.15) is 31.2 Å². The number of thioether (sulfide) groups is 1. The summed E-state index contributed by atoms with van der Waals surface area (Å²) >= 11 is 1.97. The van der Waals surface area contributed by atoms with Crippen LogP contribution in [0.5, 0.6) is 0 Å². The maximum atomic E-state index is 10.5. The lowest BCUT2D eigenvalue weighted by Crippen LogP contribution is -2.12. The van der Waals surface area contributed by atoms with Gasteiger partial charge >= 0.3 is 5.97 Å². The molecule has 2 N–H and O–H groups in total. The molecule has 1 fully saturated rings. The Labute approximate surface area is 154 Å². The molecule has 3 nitrogen and oxygen atoms in total. The van der Waals surface area contributed by atoms with E-state index in [1.165, 1.54) is 0 Å². The van der Waals surface area contributed by atoms with Crippen LogP contribution in [0, 0.1) is 11.8 Å². The second-order valence-corrected chi connectivity index (χ2v) is 7.67. The summed E-state index contributed by atoms with van der Waals surface area (Å²) in [5.41, 5.74) is 1.15. The Balaban J connectivity index is 1.72. The minimum absolute atomic E-state index is 0.244. The maximum absolute atomic E-state index is 10.5. The van der Waals surface area contributed by atoms with E-state index in [-0.39, 0.29) is 6.42 Å². The summed E-state index contributed by atoms with van der Waals surface area (Å²) in [4.78, 5) is 10.5. The van der Waals surface area contributed by atoms with E-state index in [1.807, 2.05) is 48.2 Å². The van der Waals surface area contributed by atoms with Crippen molar-refractivity contribution in [3.63, 3.8) is 0 Å². The third-order valence-electron chi connectivity index (χ3n) is 4.48. The Kier molecular flexibility index (Phi) is 8.84. The first-order chi connectivity index (χ1) is 12.1. The zero-order valence-electron chi connectivity index (χ0n) is 14.6. The molecule has 3 atom stereocenters. The van der Waals surface area contributed by atoms with Crippen LogP contribution in [0.25, 0.3) is 0 Å². The van der Waals surface area contributed by atoms with E-state index in [9.17, 15) is 9.90 Å². The summed E-state index contributed by atoms with van der Waals surface area (Å²) in [7, 11) is 0. The number of aliphatic carboxylic acids is 1. The number of unbranched alkanes of at least 4 members (excludes halogenated alkanes) is 1. The molecule has 0 aromatic heterocycles. The predicted molar refractivity (Wildman–Crippen MR) is 105 cm³/mol. The van der Waals surface area contributed by atoms with Crippen molar-refractivity contribution in [1.29, 1.82) is 0 Å². The molecule has 1 aromatic carbocycles. The zero-order valence-corrected chi connectivity index (χ0v) is 15.4. The van der Waals surface area contributed by atoms with E-state index >= 15 is 0 Å². The van der Waals surface area contributed by atoms with Crippen LogP contribution < -0.4 is 0 Å². The van der Waals surface area contributed by atoms with Crippen LogP contribution in [-0.4, -0.2) is 33.8 Å². The summed E-state index contributed by atoms with van der Waals surface area (Å²) in [6.45, 7) is 0. The Bertz CT molecular complexity index is 568. The maximum Gasteiger partial charge on any atom is 0.303 e. The number of benzene rings is 1. The van der Waals surface area contributed by atoms with Crippen molar-refractivity contribution in [2.24, 2.45) is 11.8 Å². The van der Waals surface area contributed by atoms with Gasteiger partial charge in [0.25, 0.3) is 0 Å². The molecule has 1 heterocycles. The van der Waals surface area contributed by atoms with Gasteiger partial charge in [-0.3, -0.25) is 4.79 Å². The van der Waals surface area contributed by atoms with Crippen LogP contribution in [-0.2, 0) is 11.2 Å². The van der Waals surface area contributed by atoms with Crippen molar-refractivity contribution in [2.45, 2.75) is 38.2 Å². The van der Waals surface area contributed by atoms with Gasteiger partial charge < -0.3 is 10.2 Å². The number of hydrogen-bond donors (Lipinski definition) is 2. The molecule has 1 aliphatic heterocycles. The van der Waals surface area contributed by atoms with Crippen molar-refractivity contribution < 1.29 is 15.0 Å². The number of carbonyl (C=O) groups is 1. The van der Waals surface area contributed by atoms with Gasteiger partial charge in [-0.2, -0.15) is 11.8 Å². The number of carboxylic acids is 1. The Morgan fingerprint density at radius 3 is 2.80 bits per heavy atom. The summed E-state index contributed by atoms with van der Waals surface area (Å²) < 4.78 is 0. The van der Waals surface area contributed by atoms with Gasteiger partial charge in [-0.05, 0) is 48.2 Å². The molecule has 1 aliphatic rings. The number of carboxylic acid groups (broad SMARTS) is 1. The molecule has 4 heteroatoms. The van der Waals surface area contributed by atoms with Crippen LogP contribution in [0.2, 0.25) is 0 Å². The lowest BCUT2D eigenvalue weighted by atomic mass is 9.91. The highest BCUT2D eigenvalue weighted by Crippen LogP contribution is 2.33. The van der Waals surface area contributed by atoms with Gasteiger partial charge in [0.05, 0.1) is 6.10 Å². The molecule has 0 amide bonds. The molecular formula is C21H28O3S. The highest BCUT2D eigenvalue weighted by Gasteiger charge is 2.24. The standard InChI is InChI=1S/C21H28O3S/c22-20(14-17-8-4-3-5-9-17)13-12-19-16-25-15-18(19)10-6-1-2-7-11-21(23)24/h1,3-6,8-9,12-13,18-20,22H,2,7,10-11,14-16H2,(H,23,24)/b6-1-,13-12+/t18-,19+,20?/m0/s1. The molecule has 136 valence electrons. The second kappa shape index (κ2) is 11.2. The molecule has 0 saturated carbocycles. The Hall–Kier alpha value is -1.52. The highest BCUT2D eigenvalue weighted by atomic mass is 32.2. The van der Waals surface area contributed by atoms with Crippen LogP contribution >= 0.6 is 11.8 Å². The minimum atomic E-state index is -0.722. The smallest absolute Gasteiger partial charge is 0.303 e.